The van der Waals surface area contributed by atoms with Crippen molar-refractivity contribution in [3.63, 3.8) is 0 Å². The van der Waals surface area contributed by atoms with Gasteiger partial charge < -0.3 is 10.1 Å². The Labute approximate surface area is 82.8 Å². The van der Waals surface area contributed by atoms with Crippen LogP contribution >= 0.6 is 0 Å². The molecule has 0 aromatic heterocycles. The van der Waals surface area contributed by atoms with Crippen molar-refractivity contribution in [1.29, 1.82) is 0 Å². The molecule has 0 aliphatic carbocycles. The smallest absolute Gasteiger partial charge is 0.365 e. The van der Waals surface area contributed by atoms with Crippen molar-refractivity contribution in [2.75, 3.05) is 13.6 Å². The van der Waals surface area contributed by atoms with Gasteiger partial charge >= 0.3 is 6.18 Å². The maximum absolute atomic E-state index is 12.1. The Morgan fingerprint density at radius 3 is 2.29 bits per heavy atom. The lowest BCUT2D eigenvalue weighted by atomic mass is 10.2. The molecule has 0 rings (SSSR count). The molecule has 0 fully saturated rings. The van der Waals surface area contributed by atoms with Crippen LogP contribution in [-0.2, 0) is 4.74 Å². The van der Waals surface area contributed by atoms with Gasteiger partial charge in [0.25, 0.3) is 0 Å². The topological polar surface area (TPSA) is 21.3 Å². The number of nitrogens with one attached hydrogen (secondary N) is 1. The van der Waals surface area contributed by atoms with E-state index in [-0.39, 0.29) is 6.10 Å². The molecule has 0 aromatic carbocycles. The summed E-state index contributed by atoms with van der Waals surface area (Å²) in [5.74, 6) is 0. The molecule has 0 spiro atoms. The summed E-state index contributed by atoms with van der Waals surface area (Å²) in [5, 5.41) is 2.82. The molecule has 86 valence electrons. The Morgan fingerprint density at radius 1 is 1.36 bits per heavy atom. The molecule has 0 radical (unpaired) electrons. The van der Waals surface area contributed by atoms with Crippen LogP contribution in [0.4, 0.5) is 13.2 Å². The SMILES string of the molecule is CCCC(CNC)OC(C)C(F)(F)F. The first-order valence-electron chi connectivity index (χ1n) is 4.78. The quantitative estimate of drug-likeness (QED) is 0.731. The van der Waals surface area contributed by atoms with Gasteiger partial charge in [-0.2, -0.15) is 13.2 Å². The van der Waals surface area contributed by atoms with Crippen LogP contribution in [0.25, 0.3) is 0 Å². The van der Waals surface area contributed by atoms with E-state index in [0.29, 0.717) is 13.0 Å². The van der Waals surface area contributed by atoms with Gasteiger partial charge in [0.15, 0.2) is 6.10 Å². The lowest BCUT2D eigenvalue weighted by Gasteiger charge is -2.23. The molecule has 2 nitrogen and oxygen atoms in total. The minimum Gasteiger partial charge on any atom is -0.365 e. The molecule has 2 unspecified atom stereocenters. The van der Waals surface area contributed by atoms with E-state index in [1.807, 2.05) is 6.92 Å². The lowest BCUT2D eigenvalue weighted by molar-refractivity contribution is -0.226. The molecule has 1 N–H and O–H groups in total. The van der Waals surface area contributed by atoms with E-state index in [1.54, 1.807) is 7.05 Å². The van der Waals surface area contributed by atoms with E-state index in [0.717, 1.165) is 13.3 Å². The summed E-state index contributed by atoms with van der Waals surface area (Å²) in [6.45, 7) is 3.41. The van der Waals surface area contributed by atoms with Gasteiger partial charge in [-0.1, -0.05) is 13.3 Å². The molecule has 0 aliphatic heterocycles. The molecule has 0 amide bonds. The van der Waals surface area contributed by atoms with Gasteiger partial charge in [0, 0.05) is 6.54 Å². The summed E-state index contributed by atoms with van der Waals surface area (Å²) < 4.78 is 41.3. The Balaban J connectivity index is 4.01. The zero-order valence-electron chi connectivity index (χ0n) is 8.82. The predicted octanol–water partition coefficient (Wildman–Crippen LogP) is 2.34. The molecular formula is C9H18F3NO. The summed E-state index contributed by atoms with van der Waals surface area (Å²) in [4.78, 5) is 0. The Hall–Kier alpha value is -0.290. The van der Waals surface area contributed by atoms with E-state index in [2.05, 4.69) is 5.32 Å². The van der Waals surface area contributed by atoms with Crippen molar-refractivity contribution in [2.24, 2.45) is 0 Å². The highest BCUT2D eigenvalue weighted by Crippen LogP contribution is 2.24. The number of ether oxygens (including phenoxy) is 1. The molecule has 14 heavy (non-hydrogen) atoms. The second-order valence-electron chi connectivity index (χ2n) is 3.29. The van der Waals surface area contributed by atoms with E-state index in [4.69, 9.17) is 4.74 Å². The number of alkyl halides is 3. The van der Waals surface area contributed by atoms with Crippen LogP contribution in [0.3, 0.4) is 0 Å². The summed E-state index contributed by atoms with van der Waals surface area (Å²) in [5.41, 5.74) is 0. The molecule has 0 saturated heterocycles. The van der Waals surface area contributed by atoms with Crippen LogP contribution in [0.15, 0.2) is 0 Å². The van der Waals surface area contributed by atoms with Crippen molar-refractivity contribution in [3.8, 4) is 0 Å². The fourth-order valence-electron chi connectivity index (χ4n) is 1.13. The minimum absolute atomic E-state index is 0.360. The predicted molar refractivity (Wildman–Crippen MR) is 49.2 cm³/mol. The van der Waals surface area contributed by atoms with Gasteiger partial charge in [0.1, 0.15) is 0 Å². The van der Waals surface area contributed by atoms with Crippen molar-refractivity contribution >= 4 is 0 Å². The zero-order chi connectivity index (χ0) is 11.2. The van der Waals surface area contributed by atoms with Crippen LogP contribution in [0, 0.1) is 0 Å². The van der Waals surface area contributed by atoms with Crippen molar-refractivity contribution in [1.82, 2.24) is 5.32 Å². The third-order valence-electron chi connectivity index (χ3n) is 1.90. The average Bonchev–Trinajstić information content (AvgIpc) is 2.03. The van der Waals surface area contributed by atoms with Gasteiger partial charge in [-0.05, 0) is 20.4 Å². The fraction of sp³-hybridized carbons (Fsp3) is 1.00. The van der Waals surface area contributed by atoms with Gasteiger partial charge in [-0.25, -0.2) is 0 Å². The van der Waals surface area contributed by atoms with Crippen molar-refractivity contribution < 1.29 is 17.9 Å². The number of halogens is 3. The fourth-order valence-corrected chi connectivity index (χ4v) is 1.13. The van der Waals surface area contributed by atoms with Crippen LogP contribution in [0.2, 0.25) is 0 Å². The van der Waals surface area contributed by atoms with E-state index in [9.17, 15) is 13.2 Å². The molecule has 0 heterocycles. The highest BCUT2D eigenvalue weighted by atomic mass is 19.4. The second kappa shape index (κ2) is 6.24. The van der Waals surface area contributed by atoms with Crippen LogP contribution in [0.5, 0.6) is 0 Å². The molecule has 2 atom stereocenters. The Kier molecular flexibility index (Phi) is 6.11. The lowest BCUT2D eigenvalue weighted by Crippen LogP contribution is -2.36. The highest BCUT2D eigenvalue weighted by molar-refractivity contribution is 4.67. The van der Waals surface area contributed by atoms with E-state index < -0.39 is 12.3 Å². The standard InChI is InChI=1S/C9H18F3NO/c1-4-5-8(6-13-3)14-7(2)9(10,11)12/h7-8,13H,4-6H2,1-3H3. The molecular weight excluding hydrogens is 195 g/mol. The van der Waals surface area contributed by atoms with Gasteiger partial charge in [0.2, 0.25) is 0 Å². The van der Waals surface area contributed by atoms with Crippen LogP contribution in [-0.4, -0.2) is 32.0 Å². The number of rotatable bonds is 6. The molecule has 0 aromatic rings. The third-order valence-corrected chi connectivity index (χ3v) is 1.90. The number of likely N-dealkylation sites (N-methyl/N-ethyl adjacent to an activating group) is 1. The summed E-state index contributed by atoms with van der Waals surface area (Å²) in [7, 11) is 1.70. The van der Waals surface area contributed by atoms with Crippen LogP contribution in [0.1, 0.15) is 26.7 Å². The number of hydrogen-bond donors (Lipinski definition) is 1. The van der Waals surface area contributed by atoms with Crippen LogP contribution < -0.4 is 5.32 Å². The van der Waals surface area contributed by atoms with Gasteiger partial charge in [0.05, 0.1) is 6.10 Å². The maximum Gasteiger partial charge on any atom is 0.414 e. The number of hydrogen-bond acceptors (Lipinski definition) is 2. The summed E-state index contributed by atoms with van der Waals surface area (Å²) >= 11 is 0. The zero-order valence-corrected chi connectivity index (χ0v) is 8.82. The Bertz CT molecular complexity index is 143. The molecule has 0 bridgehead atoms. The normalized spacial score (nSPS) is 16.7. The summed E-state index contributed by atoms with van der Waals surface area (Å²) in [6, 6.07) is 0. The maximum atomic E-state index is 12.1. The van der Waals surface area contributed by atoms with Crippen molar-refractivity contribution in [3.05, 3.63) is 0 Å². The van der Waals surface area contributed by atoms with Crippen molar-refractivity contribution in [2.45, 2.75) is 45.1 Å². The van der Waals surface area contributed by atoms with Gasteiger partial charge in [-0.15, -0.1) is 0 Å². The third kappa shape index (κ3) is 5.44. The average molecular weight is 213 g/mol. The summed E-state index contributed by atoms with van der Waals surface area (Å²) in [6.07, 6.45) is -4.85. The molecule has 5 heteroatoms. The largest absolute Gasteiger partial charge is 0.414 e. The first kappa shape index (κ1) is 13.7. The first-order chi connectivity index (χ1) is 6.41. The minimum atomic E-state index is -4.26. The Morgan fingerprint density at radius 2 is 1.93 bits per heavy atom. The van der Waals surface area contributed by atoms with Gasteiger partial charge in [-0.3, -0.25) is 0 Å². The second-order valence-corrected chi connectivity index (χ2v) is 3.29. The highest BCUT2D eigenvalue weighted by Gasteiger charge is 2.38. The molecule has 0 aliphatic rings. The van der Waals surface area contributed by atoms with E-state index in [1.165, 1.54) is 0 Å². The monoisotopic (exact) mass is 213 g/mol. The molecule has 0 saturated carbocycles. The first-order valence-corrected chi connectivity index (χ1v) is 4.78. The van der Waals surface area contributed by atoms with E-state index >= 15 is 0 Å².